The van der Waals surface area contributed by atoms with E-state index in [1.165, 1.54) is 24.1 Å². The van der Waals surface area contributed by atoms with Crippen LogP contribution in [0.5, 0.6) is 0 Å². The van der Waals surface area contributed by atoms with Crippen molar-refractivity contribution in [1.82, 2.24) is 0 Å². The van der Waals surface area contributed by atoms with Crippen molar-refractivity contribution in [3.8, 4) is 0 Å². The number of methoxy groups -OCH3 is 1. The van der Waals surface area contributed by atoms with Gasteiger partial charge >= 0.3 is 0 Å². The number of benzene rings is 1. The van der Waals surface area contributed by atoms with Gasteiger partial charge in [0, 0.05) is 42.0 Å². The minimum atomic E-state index is 0.562. The molecule has 1 aliphatic rings. The lowest BCUT2D eigenvalue weighted by molar-refractivity contribution is 0.205. The van der Waals surface area contributed by atoms with Gasteiger partial charge in [-0.3, -0.25) is 0 Å². The number of nitrogens with zero attached hydrogens (tertiary/aromatic N) is 1. The third kappa shape index (κ3) is 3.00. The number of halogens is 1. The Labute approximate surface area is 111 Å². The summed E-state index contributed by atoms with van der Waals surface area (Å²) in [7, 11) is 1.75. The number of hydrogen-bond acceptors (Lipinski definition) is 3. The van der Waals surface area contributed by atoms with Crippen molar-refractivity contribution in [1.29, 1.82) is 0 Å². The summed E-state index contributed by atoms with van der Waals surface area (Å²) < 4.78 is 6.29. The molecule has 1 aromatic rings. The highest BCUT2D eigenvalue weighted by molar-refractivity contribution is 9.10. The molecule has 1 fully saturated rings. The van der Waals surface area contributed by atoms with Crippen LogP contribution in [-0.4, -0.2) is 26.3 Å². The molecule has 0 atom stereocenters. The van der Waals surface area contributed by atoms with E-state index in [1.807, 2.05) is 6.07 Å². The van der Waals surface area contributed by atoms with Crippen LogP contribution in [0.15, 0.2) is 22.7 Å². The molecule has 0 radical (unpaired) electrons. The first-order chi connectivity index (χ1) is 8.27. The Hall–Kier alpha value is -0.580. The number of anilines is 1. The van der Waals surface area contributed by atoms with Crippen LogP contribution in [0.2, 0.25) is 0 Å². The van der Waals surface area contributed by atoms with Crippen LogP contribution in [0.4, 0.5) is 5.69 Å². The van der Waals surface area contributed by atoms with Gasteiger partial charge in [-0.05, 0) is 25.0 Å². The summed E-state index contributed by atoms with van der Waals surface area (Å²) in [5.41, 5.74) is 8.29. The summed E-state index contributed by atoms with van der Waals surface area (Å²) >= 11 is 3.58. The van der Waals surface area contributed by atoms with Crippen molar-refractivity contribution in [3.05, 3.63) is 28.2 Å². The van der Waals surface area contributed by atoms with Crippen molar-refractivity contribution < 1.29 is 4.74 Å². The molecular weight excluding hydrogens is 280 g/mol. The van der Waals surface area contributed by atoms with Gasteiger partial charge in [0.25, 0.3) is 0 Å². The predicted octanol–water partition coefficient (Wildman–Crippen LogP) is 2.52. The highest BCUT2D eigenvalue weighted by Crippen LogP contribution is 2.35. The van der Waals surface area contributed by atoms with Crippen LogP contribution in [0.1, 0.15) is 18.4 Å². The van der Waals surface area contributed by atoms with E-state index < -0.39 is 0 Å². The minimum Gasteiger partial charge on any atom is -0.383 e. The van der Waals surface area contributed by atoms with Crippen LogP contribution < -0.4 is 10.6 Å². The van der Waals surface area contributed by atoms with E-state index in [0.29, 0.717) is 12.6 Å². The second-order valence-electron chi connectivity index (χ2n) is 4.36. The molecule has 0 heterocycles. The highest BCUT2D eigenvalue weighted by Gasteiger charge is 2.30. The van der Waals surface area contributed by atoms with Crippen molar-refractivity contribution in [2.45, 2.75) is 25.4 Å². The lowest BCUT2D eigenvalue weighted by Gasteiger charge is -2.27. The second-order valence-corrected chi connectivity index (χ2v) is 5.21. The number of hydrogen-bond donors (Lipinski definition) is 1. The molecule has 0 bridgehead atoms. The SMILES string of the molecule is COCCN(c1cccc(Br)c1CN)C1CC1. The molecule has 1 aliphatic carbocycles. The van der Waals surface area contributed by atoms with E-state index in [-0.39, 0.29) is 0 Å². The van der Waals surface area contributed by atoms with Gasteiger partial charge in [-0.25, -0.2) is 0 Å². The molecule has 1 saturated carbocycles. The average Bonchev–Trinajstić information content (AvgIpc) is 3.14. The van der Waals surface area contributed by atoms with Gasteiger partial charge in [-0.1, -0.05) is 22.0 Å². The van der Waals surface area contributed by atoms with Crippen molar-refractivity contribution in [2.24, 2.45) is 5.73 Å². The second kappa shape index (κ2) is 5.85. The first-order valence-electron chi connectivity index (χ1n) is 6.01. The first kappa shape index (κ1) is 12.9. The van der Waals surface area contributed by atoms with Crippen molar-refractivity contribution in [2.75, 3.05) is 25.2 Å². The summed E-state index contributed by atoms with van der Waals surface area (Å²) in [6, 6.07) is 6.94. The normalized spacial score (nSPS) is 15.0. The molecule has 2 N–H and O–H groups in total. The molecule has 0 saturated heterocycles. The molecule has 2 rings (SSSR count). The standard InChI is InChI=1S/C13H19BrN2O/c1-17-8-7-16(10-5-6-10)13-4-2-3-12(14)11(13)9-15/h2-4,10H,5-9,15H2,1H3. The maximum absolute atomic E-state index is 5.85. The Kier molecular flexibility index (Phi) is 4.42. The maximum Gasteiger partial charge on any atom is 0.0637 e. The Balaban J connectivity index is 2.25. The third-order valence-corrected chi connectivity index (χ3v) is 3.87. The van der Waals surface area contributed by atoms with E-state index in [9.17, 15) is 0 Å². The van der Waals surface area contributed by atoms with Crippen molar-refractivity contribution >= 4 is 21.6 Å². The molecule has 0 amide bonds. The molecular formula is C13H19BrN2O. The zero-order chi connectivity index (χ0) is 12.3. The minimum absolute atomic E-state index is 0.562. The fourth-order valence-electron chi connectivity index (χ4n) is 2.09. The van der Waals surface area contributed by atoms with Crippen LogP contribution >= 0.6 is 15.9 Å². The largest absolute Gasteiger partial charge is 0.383 e. The Morgan fingerprint density at radius 3 is 2.82 bits per heavy atom. The van der Waals surface area contributed by atoms with Crippen LogP contribution in [0.3, 0.4) is 0 Å². The van der Waals surface area contributed by atoms with Gasteiger partial charge in [0.1, 0.15) is 0 Å². The van der Waals surface area contributed by atoms with Gasteiger partial charge in [-0.2, -0.15) is 0 Å². The topological polar surface area (TPSA) is 38.5 Å². The number of nitrogens with two attached hydrogens (primary N) is 1. The highest BCUT2D eigenvalue weighted by atomic mass is 79.9. The summed E-state index contributed by atoms with van der Waals surface area (Å²) in [5, 5.41) is 0. The fraction of sp³-hybridized carbons (Fsp3) is 0.538. The molecule has 3 nitrogen and oxygen atoms in total. The smallest absolute Gasteiger partial charge is 0.0637 e. The lowest BCUT2D eigenvalue weighted by atomic mass is 10.1. The summed E-state index contributed by atoms with van der Waals surface area (Å²) in [6.07, 6.45) is 2.56. The molecule has 1 aromatic carbocycles. The van der Waals surface area contributed by atoms with Gasteiger partial charge < -0.3 is 15.4 Å². The summed E-state index contributed by atoms with van der Waals surface area (Å²) in [4.78, 5) is 2.43. The van der Waals surface area contributed by atoms with Crippen LogP contribution in [0, 0.1) is 0 Å². The zero-order valence-corrected chi connectivity index (χ0v) is 11.7. The number of ether oxygens (including phenoxy) is 1. The molecule has 0 spiro atoms. The van der Waals surface area contributed by atoms with Gasteiger partial charge in [-0.15, -0.1) is 0 Å². The Bertz CT molecular complexity index is 380. The molecule has 0 aliphatic heterocycles. The van der Waals surface area contributed by atoms with Gasteiger partial charge in [0.15, 0.2) is 0 Å². The average molecular weight is 299 g/mol. The van der Waals surface area contributed by atoms with E-state index in [1.54, 1.807) is 7.11 Å². The number of rotatable bonds is 6. The van der Waals surface area contributed by atoms with E-state index in [0.717, 1.165) is 17.6 Å². The fourth-order valence-corrected chi connectivity index (χ4v) is 2.61. The molecule has 17 heavy (non-hydrogen) atoms. The monoisotopic (exact) mass is 298 g/mol. The predicted molar refractivity (Wildman–Crippen MR) is 74.3 cm³/mol. The van der Waals surface area contributed by atoms with E-state index in [4.69, 9.17) is 10.5 Å². The molecule has 0 aromatic heterocycles. The van der Waals surface area contributed by atoms with Crippen LogP contribution in [-0.2, 0) is 11.3 Å². The van der Waals surface area contributed by atoms with Gasteiger partial charge in [0.2, 0.25) is 0 Å². The van der Waals surface area contributed by atoms with E-state index in [2.05, 4.69) is 33.0 Å². The molecule has 94 valence electrons. The van der Waals surface area contributed by atoms with Crippen molar-refractivity contribution in [3.63, 3.8) is 0 Å². The summed E-state index contributed by atoms with van der Waals surface area (Å²) in [5.74, 6) is 0. The molecule has 4 heteroatoms. The zero-order valence-electron chi connectivity index (χ0n) is 10.2. The molecule has 0 unspecified atom stereocenters. The van der Waals surface area contributed by atoms with Crippen LogP contribution in [0.25, 0.3) is 0 Å². The Morgan fingerprint density at radius 2 is 2.24 bits per heavy atom. The third-order valence-electron chi connectivity index (χ3n) is 3.13. The lowest BCUT2D eigenvalue weighted by Crippen LogP contribution is -2.30. The van der Waals surface area contributed by atoms with Gasteiger partial charge in [0.05, 0.1) is 6.61 Å². The van der Waals surface area contributed by atoms with E-state index >= 15 is 0 Å². The quantitative estimate of drug-likeness (QED) is 0.877. The summed E-state index contributed by atoms with van der Waals surface area (Å²) in [6.45, 7) is 2.25. The Morgan fingerprint density at radius 1 is 1.47 bits per heavy atom. The maximum atomic E-state index is 5.85. The first-order valence-corrected chi connectivity index (χ1v) is 6.80.